The van der Waals surface area contributed by atoms with Crippen LogP contribution in [-0.2, 0) is 0 Å². The Balaban J connectivity index is 2.51. The van der Waals surface area contributed by atoms with E-state index in [9.17, 15) is 10.2 Å². The quantitative estimate of drug-likeness (QED) is 0.429. The van der Waals surface area contributed by atoms with Gasteiger partial charge in [-0.3, -0.25) is 0 Å². The molecule has 0 saturated carbocycles. The molecule has 4 nitrogen and oxygen atoms in total. The monoisotopic (exact) mass is 296 g/mol. The summed E-state index contributed by atoms with van der Waals surface area (Å²) in [6.45, 7) is 5.48. The molecule has 0 radical (unpaired) electrons. The molecule has 22 heavy (non-hydrogen) atoms. The lowest BCUT2D eigenvalue weighted by molar-refractivity contribution is 0.478. The van der Waals surface area contributed by atoms with Crippen LogP contribution in [0.1, 0.15) is 13.8 Å². The van der Waals surface area contributed by atoms with Gasteiger partial charge in [0.05, 0.1) is 10.8 Å². The Labute approximate surface area is 129 Å². The lowest BCUT2D eigenvalue weighted by Crippen LogP contribution is -2.01. The highest BCUT2D eigenvalue weighted by molar-refractivity contribution is 6.18. The molecule has 0 amide bonds. The van der Waals surface area contributed by atoms with E-state index in [0.717, 1.165) is 24.5 Å². The SMILES string of the molecule is CCNc1ccc(NCC)c2c(O)c3ccccc3c(O)c12. The van der Waals surface area contributed by atoms with E-state index in [1.807, 2.05) is 50.2 Å². The number of hydrogen-bond donors (Lipinski definition) is 4. The van der Waals surface area contributed by atoms with Crippen LogP contribution in [0.2, 0.25) is 0 Å². The molecular formula is C18H20N2O2. The molecule has 4 heteroatoms. The maximum atomic E-state index is 10.8. The molecule has 114 valence electrons. The van der Waals surface area contributed by atoms with Crippen LogP contribution in [0.4, 0.5) is 11.4 Å². The maximum Gasteiger partial charge on any atom is 0.133 e. The van der Waals surface area contributed by atoms with Gasteiger partial charge < -0.3 is 20.8 Å². The number of hydrogen-bond acceptors (Lipinski definition) is 4. The van der Waals surface area contributed by atoms with Crippen LogP contribution in [0.25, 0.3) is 21.5 Å². The number of aromatic hydroxyl groups is 2. The van der Waals surface area contributed by atoms with Crippen molar-refractivity contribution in [3.63, 3.8) is 0 Å². The summed E-state index contributed by atoms with van der Waals surface area (Å²) in [4.78, 5) is 0. The van der Waals surface area contributed by atoms with E-state index in [1.54, 1.807) is 0 Å². The zero-order valence-corrected chi connectivity index (χ0v) is 12.8. The van der Waals surface area contributed by atoms with Gasteiger partial charge in [-0.25, -0.2) is 0 Å². The van der Waals surface area contributed by atoms with E-state index in [0.29, 0.717) is 21.5 Å². The van der Waals surface area contributed by atoms with E-state index in [-0.39, 0.29) is 11.5 Å². The first-order chi connectivity index (χ1) is 10.7. The average molecular weight is 296 g/mol. The summed E-state index contributed by atoms with van der Waals surface area (Å²) in [5, 5.41) is 30.6. The third kappa shape index (κ3) is 2.08. The van der Waals surface area contributed by atoms with Crippen molar-refractivity contribution in [3.8, 4) is 11.5 Å². The molecule has 0 saturated heterocycles. The van der Waals surface area contributed by atoms with Crippen molar-refractivity contribution in [2.45, 2.75) is 13.8 Å². The molecule has 3 aromatic carbocycles. The number of nitrogens with one attached hydrogen (secondary N) is 2. The summed E-state index contributed by atoms with van der Waals surface area (Å²) in [5.41, 5.74) is 1.63. The van der Waals surface area contributed by atoms with Gasteiger partial charge >= 0.3 is 0 Å². The predicted molar refractivity (Wildman–Crippen MR) is 93.1 cm³/mol. The van der Waals surface area contributed by atoms with Crippen LogP contribution in [0.3, 0.4) is 0 Å². The van der Waals surface area contributed by atoms with Gasteiger partial charge in [-0.05, 0) is 26.0 Å². The molecule has 0 aliphatic heterocycles. The van der Waals surface area contributed by atoms with Crippen molar-refractivity contribution in [3.05, 3.63) is 36.4 Å². The number of anilines is 2. The van der Waals surface area contributed by atoms with Gasteiger partial charge in [0.25, 0.3) is 0 Å². The van der Waals surface area contributed by atoms with Crippen molar-refractivity contribution in [1.29, 1.82) is 0 Å². The van der Waals surface area contributed by atoms with Crippen LogP contribution in [0.5, 0.6) is 11.5 Å². The molecule has 0 unspecified atom stereocenters. The second-order valence-electron chi connectivity index (χ2n) is 5.21. The first-order valence-electron chi connectivity index (χ1n) is 7.56. The van der Waals surface area contributed by atoms with Crippen molar-refractivity contribution in [1.82, 2.24) is 0 Å². The fraction of sp³-hybridized carbons (Fsp3) is 0.222. The third-order valence-corrected chi connectivity index (χ3v) is 3.85. The molecule has 0 aliphatic carbocycles. The predicted octanol–water partition coefficient (Wildman–Crippen LogP) is 4.27. The number of phenols is 2. The molecule has 0 bridgehead atoms. The van der Waals surface area contributed by atoms with E-state index >= 15 is 0 Å². The minimum atomic E-state index is 0.194. The van der Waals surface area contributed by atoms with Crippen molar-refractivity contribution >= 4 is 32.9 Å². The Morgan fingerprint density at radius 3 is 1.50 bits per heavy atom. The van der Waals surface area contributed by atoms with Crippen molar-refractivity contribution < 1.29 is 10.2 Å². The molecule has 0 fully saturated rings. The molecule has 4 N–H and O–H groups in total. The highest BCUT2D eigenvalue weighted by atomic mass is 16.3. The normalized spacial score (nSPS) is 11.0. The molecule has 0 spiro atoms. The highest BCUT2D eigenvalue weighted by Crippen LogP contribution is 2.47. The van der Waals surface area contributed by atoms with E-state index < -0.39 is 0 Å². The number of rotatable bonds is 4. The van der Waals surface area contributed by atoms with Crippen LogP contribution in [0.15, 0.2) is 36.4 Å². The van der Waals surface area contributed by atoms with Gasteiger partial charge in [-0.1, -0.05) is 24.3 Å². The topological polar surface area (TPSA) is 64.5 Å². The van der Waals surface area contributed by atoms with E-state index in [1.165, 1.54) is 0 Å². The fourth-order valence-corrected chi connectivity index (χ4v) is 2.94. The lowest BCUT2D eigenvalue weighted by atomic mass is 9.98. The van der Waals surface area contributed by atoms with Gasteiger partial charge in [0.2, 0.25) is 0 Å². The van der Waals surface area contributed by atoms with Crippen molar-refractivity contribution in [2.75, 3.05) is 23.7 Å². The van der Waals surface area contributed by atoms with Crippen LogP contribution in [-0.4, -0.2) is 23.3 Å². The van der Waals surface area contributed by atoms with Gasteiger partial charge in [0, 0.05) is 35.2 Å². The van der Waals surface area contributed by atoms with Gasteiger partial charge in [0.1, 0.15) is 11.5 Å². The standard InChI is InChI=1S/C18H20N2O2/c1-3-19-13-9-10-14(20-4-2)16-15(13)17(21)11-7-5-6-8-12(11)18(16)22/h5-10,19-22H,3-4H2,1-2H3. The molecule has 3 aromatic rings. The second kappa shape index (κ2) is 5.64. The van der Waals surface area contributed by atoms with E-state index in [4.69, 9.17) is 0 Å². The fourth-order valence-electron chi connectivity index (χ4n) is 2.94. The smallest absolute Gasteiger partial charge is 0.133 e. The third-order valence-electron chi connectivity index (χ3n) is 3.85. The summed E-state index contributed by atoms with van der Waals surface area (Å²) in [7, 11) is 0. The van der Waals surface area contributed by atoms with Gasteiger partial charge in [-0.2, -0.15) is 0 Å². The Morgan fingerprint density at radius 2 is 1.14 bits per heavy atom. The summed E-state index contributed by atoms with van der Waals surface area (Å²) in [5.74, 6) is 0.387. The van der Waals surface area contributed by atoms with Gasteiger partial charge in [-0.15, -0.1) is 0 Å². The number of phenolic OH excluding ortho intramolecular Hbond substituents is 2. The largest absolute Gasteiger partial charge is 0.507 e. The van der Waals surface area contributed by atoms with Gasteiger partial charge in [0.15, 0.2) is 0 Å². The Kier molecular flexibility index (Phi) is 3.67. The summed E-state index contributed by atoms with van der Waals surface area (Å²) in [6.07, 6.45) is 0. The van der Waals surface area contributed by atoms with Crippen LogP contribution < -0.4 is 10.6 Å². The summed E-state index contributed by atoms with van der Waals surface area (Å²) < 4.78 is 0. The minimum Gasteiger partial charge on any atom is -0.507 e. The first kappa shape index (κ1) is 14.3. The Bertz CT molecular complexity index is 773. The second-order valence-corrected chi connectivity index (χ2v) is 5.21. The molecule has 0 atom stereocenters. The summed E-state index contributed by atoms with van der Waals surface area (Å²) in [6, 6.07) is 11.2. The number of fused-ring (bicyclic) bond motifs is 2. The minimum absolute atomic E-state index is 0.194. The molecule has 0 heterocycles. The lowest BCUT2D eigenvalue weighted by Gasteiger charge is -2.17. The zero-order valence-electron chi connectivity index (χ0n) is 12.8. The van der Waals surface area contributed by atoms with Crippen LogP contribution >= 0.6 is 0 Å². The Hall–Kier alpha value is -2.62. The highest BCUT2D eigenvalue weighted by Gasteiger charge is 2.18. The summed E-state index contributed by atoms with van der Waals surface area (Å²) >= 11 is 0. The molecular weight excluding hydrogens is 276 g/mol. The van der Waals surface area contributed by atoms with E-state index in [2.05, 4.69) is 10.6 Å². The molecule has 0 aromatic heterocycles. The van der Waals surface area contributed by atoms with Crippen molar-refractivity contribution in [2.24, 2.45) is 0 Å². The number of benzene rings is 3. The Morgan fingerprint density at radius 1 is 0.727 bits per heavy atom. The average Bonchev–Trinajstić information content (AvgIpc) is 2.54. The first-order valence-corrected chi connectivity index (χ1v) is 7.56. The molecule has 3 rings (SSSR count). The molecule has 0 aliphatic rings. The zero-order chi connectivity index (χ0) is 15.7. The van der Waals surface area contributed by atoms with Crippen LogP contribution in [0, 0.1) is 0 Å². The maximum absolute atomic E-state index is 10.8.